The first kappa shape index (κ1) is 59.7. The summed E-state index contributed by atoms with van der Waals surface area (Å²) in [5, 5.41) is 27.5. The first-order valence-corrected chi connectivity index (χ1v) is 27.8. The molecule has 6 amide bonds. The maximum atomic E-state index is 14.2. The lowest BCUT2D eigenvalue weighted by molar-refractivity contribution is -0.387. The molecule has 2 fully saturated rings. The molecule has 8 rings (SSSR count). The Kier molecular flexibility index (Phi) is 18.7. The van der Waals surface area contributed by atoms with Crippen LogP contribution in [0.1, 0.15) is 82.5 Å². The third-order valence-corrected chi connectivity index (χ3v) is 15.8. The van der Waals surface area contributed by atoms with Gasteiger partial charge in [-0.15, -0.1) is 0 Å². The molecule has 0 radical (unpaired) electrons. The molecule has 2 unspecified atom stereocenters. The molecule has 2 aliphatic heterocycles. The zero-order valence-electron chi connectivity index (χ0n) is 47.4. The monoisotopic (exact) mass is 1140 g/mol. The molecule has 83 heavy (non-hydrogen) atoms. The molecule has 6 aromatic rings. The average Bonchev–Trinajstić information content (AvgIpc) is 3.69. The van der Waals surface area contributed by atoms with Gasteiger partial charge in [0.2, 0.25) is 23.6 Å². The van der Waals surface area contributed by atoms with Crippen LogP contribution in [0.4, 0.5) is 11.4 Å². The number of carbonyl (C=O) groups excluding carboxylic acids is 6. The summed E-state index contributed by atoms with van der Waals surface area (Å²) in [5.74, 6) is -2.77. The number of likely N-dealkylation sites (N-methyl/N-ethyl adjacent to an activating group) is 2. The van der Waals surface area contributed by atoms with Gasteiger partial charge in [0.15, 0.2) is 0 Å². The second-order valence-electron chi connectivity index (χ2n) is 21.1. The van der Waals surface area contributed by atoms with Gasteiger partial charge in [0.25, 0.3) is 23.2 Å². The first-order valence-electron chi connectivity index (χ1n) is 27.0. The van der Waals surface area contributed by atoms with Gasteiger partial charge in [-0.3, -0.25) is 59.0 Å². The number of nitro groups is 2. The number of pyridine rings is 2. The highest BCUT2D eigenvalue weighted by molar-refractivity contribution is 7.99. The van der Waals surface area contributed by atoms with Crippen molar-refractivity contribution in [1.29, 1.82) is 0 Å². The summed E-state index contributed by atoms with van der Waals surface area (Å²) >= 11 is 0.842. The van der Waals surface area contributed by atoms with Gasteiger partial charge >= 0.3 is 0 Å². The summed E-state index contributed by atoms with van der Waals surface area (Å²) < 4.78 is 0. The van der Waals surface area contributed by atoms with Crippen LogP contribution in [-0.4, -0.2) is 164 Å². The number of rotatable bonds is 16. The van der Waals surface area contributed by atoms with E-state index in [4.69, 9.17) is 0 Å². The second-order valence-corrected chi connectivity index (χ2v) is 22.1. The van der Waals surface area contributed by atoms with Crippen molar-refractivity contribution < 1.29 is 38.6 Å². The second kappa shape index (κ2) is 26.0. The van der Waals surface area contributed by atoms with Crippen LogP contribution >= 0.6 is 11.8 Å². The molecule has 0 bridgehead atoms. The number of hydrogen-bond donors (Lipinski definition) is 0. The summed E-state index contributed by atoms with van der Waals surface area (Å²) in [4.78, 5) is 126. The molecule has 0 N–H and O–H groups in total. The molecule has 4 aromatic carbocycles. The zero-order chi connectivity index (χ0) is 59.8. The Morgan fingerprint density at radius 1 is 0.542 bits per heavy atom. The van der Waals surface area contributed by atoms with E-state index in [2.05, 4.69) is 9.97 Å². The van der Waals surface area contributed by atoms with Crippen LogP contribution in [0.5, 0.6) is 0 Å². The molecule has 0 saturated carbocycles. The maximum Gasteiger partial charge on any atom is 0.291 e. The molecule has 4 heterocycles. The molecule has 2 saturated heterocycles. The lowest BCUT2D eigenvalue weighted by Gasteiger charge is -2.41. The normalized spacial score (nSPS) is 15.5. The Bertz CT molecular complexity index is 3320. The largest absolute Gasteiger partial charge is 0.347 e. The lowest BCUT2D eigenvalue weighted by atomic mass is 9.89. The van der Waals surface area contributed by atoms with Gasteiger partial charge in [0.05, 0.1) is 43.9 Å². The van der Waals surface area contributed by atoms with E-state index in [1.54, 1.807) is 88.9 Å². The van der Waals surface area contributed by atoms with Gasteiger partial charge in [-0.2, -0.15) is 0 Å². The highest BCUT2D eigenvalue weighted by Gasteiger charge is 2.40. The Morgan fingerprint density at radius 2 is 0.904 bits per heavy atom. The number of aromatic nitrogens is 2. The van der Waals surface area contributed by atoms with Crippen LogP contribution in [0.3, 0.4) is 0 Å². The van der Waals surface area contributed by atoms with Gasteiger partial charge in [-0.1, -0.05) is 100 Å². The van der Waals surface area contributed by atoms with Crippen molar-refractivity contribution in [1.82, 2.24) is 39.4 Å². The number of nitrogens with zero attached hydrogens (tertiary/aromatic N) is 10. The number of nitro benzene ring substituents is 2. The Labute approximate surface area is 485 Å². The van der Waals surface area contributed by atoms with Crippen LogP contribution in [-0.2, 0) is 19.2 Å². The van der Waals surface area contributed by atoms with E-state index in [0.29, 0.717) is 33.4 Å². The van der Waals surface area contributed by atoms with Gasteiger partial charge in [0.1, 0.15) is 12.1 Å². The summed E-state index contributed by atoms with van der Waals surface area (Å²) in [7, 11) is 6.28. The minimum absolute atomic E-state index is 0.0543. The van der Waals surface area contributed by atoms with Crippen molar-refractivity contribution >= 4 is 70.7 Å². The molecule has 21 heteroatoms. The molecular weight excluding hydrogens is 1080 g/mol. The Morgan fingerprint density at radius 3 is 1.24 bits per heavy atom. The molecule has 2 aliphatic rings. The van der Waals surface area contributed by atoms with Crippen molar-refractivity contribution in [2.75, 3.05) is 67.5 Å². The Balaban J connectivity index is 1.18. The standard InChI is InChI=1S/C62H64N10O10S/c1-39(2)45-13-9-11-15-47(45)55-41(19-23-53(73)67-33-35-69(49(37-67)61(77)65(5)6)59(75)43-25-29-63-30-26-43)17-21-51(57(55)71(79)80)83-52-22-18-42(56(58(52)72(81)82)48-16-12-10-14-46(48)40(3)4)20-24-54(74)68-34-36-70(50(38-68)62(78)66(7)8)60(76)44-27-31-64-32-28-44/h9-32,39-40,49-50H,33-38H2,1-8H3/b23-19+,24-20+. The predicted octanol–water partition coefficient (Wildman–Crippen LogP) is 8.93. The van der Waals surface area contributed by atoms with Gasteiger partial charge in [0, 0.05) is 102 Å². The number of benzene rings is 4. The topological polar surface area (TPSA) is 234 Å². The zero-order valence-corrected chi connectivity index (χ0v) is 48.2. The molecule has 428 valence electrons. The van der Waals surface area contributed by atoms with Crippen LogP contribution in [0, 0.1) is 20.2 Å². The molecule has 0 spiro atoms. The minimum Gasteiger partial charge on any atom is -0.347 e. The van der Waals surface area contributed by atoms with E-state index >= 15 is 0 Å². The third-order valence-electron chi connectivity index (χ3n) is 14.7. The molecule has 2 atom stereocenters. The highest BCUT2D eigenvalue weighted by Crippen LogP contribution is 2.50. The van der Waals surface area contributed by atoms with E-state index in [1.165, 1.54) is 90.6 Å². The molecule has 20 nitrogen and oxygen atoms in total. The first-order chi connectivity index (χ1) is 39.7. The van der Waals surface area contributed by atoms with E-state index in [1.807, 2.05) is 52.0 Å². The van der Waals surface area contributed by atoms with Gasteiger partial charge in [-0.05, 0) is 93.8 Å². The fourth-order valence-electron chi connectivity index (χ4n) is 10.4. The lowest BCUT2D eigenvalue weighted by Crippen LogP contribution is -2.61. The summed E-state index contributed by atoms with van der Waals surface area (Å²) in [6, 6.07) is 24.9. The van der Waals surface area contributed by atoms with Crippen molar-refractivity contribution in [3.8, 4) is 22.3 Å². The van der Waals surface area contributed by atoms with Crippen LogP contribution < -0.4 is 0 Å². The van der Waals surface area contributed by atoms with E-state index in [0.717, 1.165) is 22.9 Å². The van der Waals surface area contributed by atoms with Crippen molar-refractivity contribution in [2.24, 2.45) is 0 Å². The summed E-state index contributed by atoms with van der Waals surface area (Å²) in [6.07, 6.45) is 11.5. The maximum absolute atomic E-state index is 14.2. The number of amides is 6. The third kappa shape index (κ3) is 13.0. The number of carbonyl (C=O) groups is 6. The minimum atomic E-state index is -1.00. The summed E-state index contributed by atoms with van der Waals surface area (Å²) in [5.41, 5.74) is 3.46. The average molecular weight is 1140 g/mol. The van der Waals surface area contributed by atoms with E-state index in [9.17, 15) is 49.0 Å². The number of piperazine rings is 2. The fourth-order valence-corrected chi connectivity index (χ4v) is 11.5. The fraction of sp³-hybridized carbons (Fsp3) is 0.290. The van der Waals surface area contributed by atoms with E-state index < -0.39 is 33.7 Å². The Hall–Kier alpha value is -9.37. The quantitative estimate of drug-likeness (QED) is 0.0501. The van der Waals surface area contributed by atoms with Gasteiger partial charge in [-0.25, -0.2) is 0 Å². The van der Waals surface area contributed by atoms with Crippen molar-refractivity contribution in [3.05, 3.63) is 188 Å². The molecule has 2 aromatic heterocycles. The van der Waals surface area contributed by atoms with Gasteiger partial charge < -0.3 is 29.4 Å². The highest BCUT2D eigenvalue weighted by atomic mass is 32.2. The van der Waals surface area contributed by atoms with Crippen LogP contribution in [0.2, 0.25) is 0 Å². The number of hydrogen-bond acceptors (Lipinski definition) is 13. The van der Waals surface area contributed by atoms with Crippen molar-refractivity contribution in [2.45, 2.75) is 61.4 Å². The smallest absolute Gasteiger partial charge is 0.291 e. The molecular formula is C62H64N10O10S. The predicted molar refractivity (Wildman–Crippen MR) is 316 cm³/mol. The van der Waals surface area contributed by atoms with E-state index in [-0.39, 0.29) is 107 Å². The molecule has 0 aliphatic carbocycles. The SMILES string of the molecule is CC(C)c1ccccc1-c1c(/C=C/C(=O)N2CCN(C(=O)c3ccncc3)C(C(=O)N(C)C)C2)ccc(Sc2ccc(/C=C/C(=O)N3CCN(C(=O)c4ccncc4)C(C(=O)N(C)C)C3)c(-c3ccccc3C(C)C)c2[N+](=O)[O-])c1[N+](=O)[O-]. The summed E-state index contributed by atoms with van der Waals surface area (Å²) in [6.45, 7) is 7.87. The van der Waals surface area contributed by atoms with Crippen LogP contribution in [0.15, 0.2) is 144 Å². The van der Waals surface area contributed by atoms with Crippen LogP contribution in [0.25, 0.3) is 34.4 Å². The van der Waals surface area contributed by atoms with Crippen molar-refractivity contribution in [3.63, 3.8) is 0 Å².